The Bertz CT molecular complexity index is 682. The molecule has 0 saturated carbocycles. The highest BCUT2D eigenvalue weighted by Crippen LogP contribution is 2.17. The van der Waals surface area contributed by atoms with E-state index in [9.17, 15) is 4.79 Å². The van der Waals surface area contributed by atoms with E-state index in [1.807, 2.05) is 43.3 Å². The highest BCUT2D eigenvalue weighted by atomic mass is 16.5. The van der Waals surface area contributed by atoms with Crippen LogP contribution in [0.25, 0.3) is 11.3 Å². The van der Waals surface area contributed by atoms with Crippen LogP contribution in [0.3, 0.4) is 0 Å². The van der Waals surface area contributed by atoms with Gasteiger partial charge in [0.15, 0.2) is 0 Å². The number of allylic oxidation sites excluding steroid dienone is 1. The average molecular weight is 298 g/mol. The molecule has 2 aromatic rings. The van der Waals surface area contributed by atoms with Crippen LogP contribution in [0.5, 0.6) is 0 Å². The molecule has 0 amide bonds. The standard InChI is InChI=1S/C17H19N3O2/c1-3-22-16(21)10-7-11-20-17(18)13(2)12-15(19-20)14-8-5-4-6-9-14/h4-10,12,18H,3,11H2,1-2H3/p+1/b10-7+. The largest absolute Gasteiger partial charge is 0.463 e. The van der Waals surface area contributed by atoms with Crippen LogP contribution >= 0.6 is 0 Å². The lowest BCUT2D eigenvalue weighted by Gasteiger charge is -2.05. The van der Waals surface area contributed by atoms with E-state index in [4.69, 9.17) is 10.5 Å². The summed E-state index contributed by atoms with van der Waals surface area (Å²) in [6.07, 6.45) is 3.08. The highest BCUT2D eigenvalue weighted by molar-refractivity contribution is 5.81. The number of aromatic nitrogens is 2. The summed E-state index contributed by atoms with van der Waals surface area (Å²) < 4.78 is 6.51. The molecular weight excluding hydrogens is 278 g/mol. The van der Waals surface area contributed by atoms with Crippen LogP contribution < -0.4 is 10.4 Å². The number of rotatable bonds is 5. The smallest absolute Gasteiger partial charge is 0.330 e. The number of ether oxygens (including phenoxy) is 1. The van der Waals surface area contributed by atoms with Crippen LogP contribution in [-0.2, 0) is 16.1 Å². The summed E-state index contributed by atoms with van der Waals surface area (Å²) in [6.45, 7) is 4.48. The van der Waals surface area contributed by atoms with Crippen molar-refractivity contribution in [2.75, 3.05) is 12.3 Å². The molecule has 5 nitrogen and oxygen atoms in total. The van der Waals surface area contributed by atoms with E-state index < -0.39 is 0 Å². The second kappa shape index (κ2) is 7.36. The quantitative estimate of drug-likeness (QED) is 0.521. The molecule has 0 aliphatic rings. The Morgan fingerprint density at radius 1 is 1.36 bits per heavy atom. The van der Waals surface area contributed by atoms with Crippen molar-refractivity contribution in [1.82, 2.24) is 5.10 Å². The first-order valence-electron chi connectivity index (χ1n) is 7.17. The number of hydrogen-bond acceptors (Lipinski definition) is 4. The van der Waals surface area contributed by atoms with E-state index in [1.54, 1.807) is 17.7 Å². The van der Waals surface area contributed by atoms with Gasteiger partial charge in [0, 0.05) is 17.2 Å². The van der Waals surface area contributed by atoms with Gasteiger partial charge < -0.3 is 4.74 Å². The van der Waals surface area contributed by atoms with Gasteiger partial charge in [0.1, 0.15) is 12.2 Å². The van der Waals surface area contributed by atoms with Crippen molar-refractivity contribution in [2.24, 2.45) is 0 Å². The zero-order valence-corrected chi connectivity index (χ0v) is 12.8. The summed E-state index contributed by atoms with van der Waals surface area (Å²) in [4.78, 5) is 11.3. The molecular formula is C17H20N3O2+. The van der Waals surface area contributed by atoms with Crippen molar-refractivity contribution in [3.63, 3.8) is 0 Å². The Labute approximate surface area is 130 Å². The molecule has 0 unspecified atom stereocenters. The van der Waals surface area contributed by atoms with E-state index in [0.717, 1.165) is 16.8 Å². The maximum atomic E-state index is 11.3. The predicted molar refractivity (Wildman–Crippen MR) is 84.8 cm³/mol. The number of benzene rings is 1. The monoisotopic (exact) mass is 298 g/mol. The molecule has 2 rings (SSSR count). The first kappa shape index (κ1) is 15.7. The van der Waals surface area contributed by atoms with Gasteiger partial charge in [-0.25, -0.2) is 4.79 Å². The molecule has 0 bridgehead atoms. The van der Waals surface area contributed by atoms with Crippen LogP contribution in [0.15, 0.2) is 48.6 Å². The molecule has 5 heteroatoms. The van der Waals surface area contributed by atoms with Crippen molar-refractivity contribution in [3.05, 3.63) is 54.1 Å². The minimum atomic E-state index is -0.363. The normalized spacial score (nSPS) is 10.8. The van der Waals surface area contributed by atoms with E-state index in [1.165, 1.54) is 6.08 Å². The molecule has 1 heterocycles. The molecule has 2 N–H and O–H groups in total. The molecule has 0 radical (unpaired) electrons. The summed E-state index contributed by atoms with van der Waals surface area (Å²) >= 11 is 0. The van der Waals surface area contributed by atoms with Crippen molar-refractivity contribution < 1.29 is 14.2 Å². The third-order valence-electron chi connectivity index (χ3n) is 3.15. The van der Waals surface area contributed by atoms with Crippen molar-refractivity contribution in [1.29, 1.82) is 0 Å². The topological polar surface area (TPSA) is 69.1 Å². The Hall–Kier alpha value is -2.69. The molecule has 0 aliphatic heterocycles. The summed E-state index contributed by atoms with van der Waals surface area (Å²) in [5.41, 5.74) is 8.86. The lowest BCUT2D eigenvalue weighted by Crippen LogP contribution is -2.41. The Balaban J connectivity index is 2.24. The summed E-state index contributed by atoms with van der Waals surface area (Å²) in [5.74, 6) is 0.214. The highest BCUT2D eigenvalue weighted by Gasteiger charge is 2.12. The third kappa shape index (κ3) is 3.91. The number of esters is 1. The van der Waals surface area contributed by atoms with E-state index in [0.29, 0.717) is 19.0 Å². The van der Waals surface area contributed by atoms with Gasteiger partial charge in [0.2, 0.25) is 0 Å². The lowest BCUT2D eigenvalue weighted by atomic mass is 10.1. The number of carbonyl (C=O) groups is 1. The van der Waals surface area contributed by atoms with Gasteiger partial charge in [-0.05, 0) is 26.0 Å². The molecule has 0 spiro atoms. The Kier molecular flexibility index (Phi) is 5.25. The fourth-order valence-corrected chi connectivity index (χ4v) is 2.02. The van der Waals surface area contributed by atoms with Crippen molar-refractivity contribution >= 4 is 11.8 Å². The van der Waals surface area contributed by atoms with Gasteiger partial charge in [-0.1, -0.05) is 35.4 Å². The van der Waals surface area contributed by atoms with Gasteiger partial charge >= 0.3 is 5.97 Å². The van der Waals surface area contributed by atoms with Crippen LogP contribution in [0.4, 0.5) is 5.82 Å². The summed E-state index contributed by atoms with van der Waals surface area (Å²) in [5, 5.41) is 4.53. The number of anilines is 1. The molecule has 1 aromatic heterocycles. The molecule has 0 atom stereocenters. The zero-order valence-electron chi connectivity index (χ0n) is 12.8. The minimum Gasteiger partial charge on any atom is -0.463 e. The fraction of sp³-hybridized carbons (Fsp3) is 0.235. The second-order valence-corrected chi connectivity index (χ2v) is 4.80. The first-order chi connectivity index (χ1) is 10.6. The summed E-state index contributed by atoms with van der Waals surface area (Å²) in [7, 11) is 0. The van der Waals surface area contributed by atoms with Crippen molar-refractivity contribution in [2.45, 2.75) is 20.4 Å². The SMILES string of the molecule is CCOC(=O)/C=C/C[n+]1nc(-c2ccccc2)cc(C)c1N. The molecule has 0 saturated heterocycles. The Morgan fingerprint density at radius 3 is 2.77 bits per heavy atom. The number of hydrogen-bond donors (Lipinski definition) is 1. The maximum Gasteiger partial charge on any atom is 0.330 e. The molecule has 114 valence electrons. The maximum absolute atomic E-state index is 11.3. The second-order valence-electron chi connectivity index (χ2n) is 4.80. The van der Waals surface area contributed by atoms with Crippen molar-refractivity contribution in [3.8, 4) is 11.3 Å². The number of nitrogen functional groups attached to an aromatic ring is 1. The molecule has 22 heavy (non-hydrogen) atoms. The Morgan fingerprint density at radius 2 is 2.09 bits per heavy atom. The lowest BCUT2D eigenvalue weighted by molar-refractivity contribution is -0.730. The van der Waals surface area contributed by atoms with Crippen LogP contribution in [0, 0.1) is 6.92 Å². The minimum absolute atomic E-state index is 0.360. The third-order valence-corrected chi connectivity index (χ3v) is 3.15. The van der Waals surface area contributed by atoms with Crippen LogP contribution in [0.2, 0.25) is 0 Å². The predicted octanol–water partition coefficient (Wildman–Crippen LogP) is 2.05. The van der Waals surface area contributed by atoms with Gasteiger partial charge in [-0.15, -0.1) is 4.68 Å². The molecule has 0 fully saturated rings. The number of carbonyl (C=O) groups excluding carboxylic acids is 1. The average Bonchev–Trinajstić information content (AvgIpc) is 2.52. The number of nitrogens with two attached hydrogens (primary N) is 1. The molecule has 1 aromatic carbocycles. The number of nitrogens with zero attached hydrogens (tertiary/aromatic N) is 2. The van der Waals surface area contributed by atoms with Gasteiger partial charge in [0.25, 0.3) is 5.82 Å². The van der Waals surface area contributed by atoms with E-state index >= 15 is 0 Å². The van der Waals surface area contributed by atoms with Crippen LogP contribution in [-0.4, -0.2) is 17.7 Å². The van der Waals surface area contributed by atoms with Gasteiger partial charge in [-0.2, -0.15) is 0 Å². The van der Waals surface area contributed by atoms with E-state index in [2.05, 4.69) is 5.10 Å². The molecule has 0 aliphatic carbocycles. The van der Waals surface area contributed by atoms with E-state index in [-0.39, 0.29) is 5.97 Å². The van der Waals surface area contributed by atoms with Crippen LogP contribution in [0.1, 0.15) is 12.5 Å². The number of aryl methyl sites for hydroxylation is 1. The van der Waals surface area contributed by atoms with Gasteiger partial charge in [-0.3, -0.25) is 5.73 Å². The summed E-state index contributed by atoms with van der Waals surface area (Å²) in [6, 6.07) is 11.8. The zero-order chi connectivity index (χ0) is 15.9. The fourth-order valence-electron chi connectivity index (χ4n) is 2.02. The van der Waals surface area contributed by atoms with Gasteiger partial charge in [0.05, 0.1) is 6.61 Å². The first-order valence-corrected chi connectivity index (χ1v) is 7.17.